The molecule has 0 amide bonds. The van der Waals surface area contributed by atoms with Gasteiger partial charge in [0, 0.05) is 5.69 Å². The fourth-order valence-electron chi connectivity index (χ4n) is 2.39. The number of hydrogen-bond donors (Lipinski definition) is 3. The summed E-state index contributed by atoms with van der Waals surface area (Å²) in [6.07, 6.45) is 6.73. The second kappa shape index (κ2) is 8.55. The molecule has 0 unspecified atom stereocenters. The Kier molecular flexibility index (Phi) is 6.34. The van der Waals surface area contributed by atoms with Crippen molar-refractivity contribution in [2.45, 2.75) is 38.2 Å². The zero-order chi connectivity index (χ0) is 14.0. The van der Waals surface area contributed by atoms with E-state index in [2.05, 4.69) is 15.7 Å². The first-order valence-electron chi connectivity index (χ1n) is 7.33. The second-order valence-corrected chi connectivity index (χ2v) is 5.00. The molecule has 0 aromatic heterocycles. The van der Waals surface area contributed by atoms with Crippen molar-refractivity contribution in [1.82, 2.24) is 5.43 Å². The third kappa shape index (κ3) is 5.19. The highest BCUT2D eigenvalue weighted by Gasteiger charge is 2.12. The van der Waals surface area contributed by atoms with E-state index < -0.39 is 0 Å². The van der Waals surface area contributed by atoms with Crippen LogP contribution in [-0.2, 0) is 4.74 Å². The van der Waals surface area contributed by atoms with Crippen LogP contribution in [0.25, 0.3) is 0 Å². The van der Waals surface area contributed by atoms with Gasteiger partial charge in [-0.25, -0.2) is 10.8 Å². The summed E-state index contributed by atoms with van der Waals surface area (Å²) in [5.74, 6) is 6.02. The van der Waals surface area contributed by atoms with E-state index in [0.29, 0.717) is 25.2 Å². The zero-order valence-corrected chi connectivity index (χ0v) is 11.8. The Morgan fingerprint density at radius 2 is 1.95 bits per heavy atom. The van der Waals surface area contributed by atoms with Crippen molar-refractivity contribution in [2.24, 2.45) is 10.8 Å². The smallest absolute Gasteiger partial charge is 0.210 e. The van der Waals surface area contributed by atoms with Crippen molar-refractivity contribution in [3.05, 3.63) is 30.3 Å². The van der Waals surface area contributed by atoms with Crippen molar-refractivity contribution in [2.75, 3.05) is 18.5 Å². The molecule has 0 atom stereocenters. The van der Waals surface area contributed by atoms with E-state index in [4.69, 9.17) is 10.6 Å². The summed E-state index contributed by atoms with van der Waals surface area (Å²) in [6, 6.07) is 9.82. The van der Waals surface area contributed by atoms with Crippen LogP contribution in [-0.4, -0.2) is 25.2 Å². The van der Waals surface area contributed by atoms with Crippen LogP contribution < -0.4 is 16.6 Å². The molecule has 1 saturated carbocycles. The molecular formula is C15H24N4O. The second-order valence-electron chi connectivity index (χ2n) is 5.00. The van der Waals surface area contributed by atoms with Gasteiger partial charge in [0.2, 0.25) is 5.96 Å². The minimum atomic E-state index is 0.426. The monoisotopic (exact) mass is 276 g/mol. The van der Waals surface area contributed by atoms with Gasteiger partial charge in [-0.3, -0.25) is 5.43 Å². The van der Waals surface area contributed by atoms with Gasteiger partial charge in [0.25, 0.3) is 0 Å². The lowest BCUT2D eigenvalue weighted by molar-refractivity contribution is 0.0335. The fraction of sp³-hybridized carbons (Fsp3) is 0.533. The number of nitrogens with zero attached hydrogens (tertiary/aromatic N) is 1. The molecule has 1 aliphatic rings. The number of hydrazine groups is 1. The first-order chi connectivity index (χ1) is 9.88. The predicted molar refractivity (Wildman–Crippen MR) is 82.5 cm³/mol. The number of benzene rings is 1. The van der Waals surface area contributed by atoms with E-state index in [-0.39, 0.29) is 0 Å². The van der Waals surface area contributed by atoms with Gasteiger partial charge < -0.3 is 10.1 Å². The molecule has 1 aliphatic carbocycles. The molecule has 20 heavy (non-hydrogen) atoms. The molecule has 1 aromatic carbocycles. The molecule has 1 fully saturated rings. The molecule has 5 nitrogen and oxygen atoms in total. The topological polar surface area (TPSA) is 71.7 Å². The zero-order valence-electron chi connectivity index (χ0n) is 11.8. The van der Waals surface area contributed by atoms with Gasteiger partial charge in [-0.05, 0) is 25.0 Å². The molecule has 0 bridgehead atoms. The molecule has 0 radical (unpaired) electrons. The Hall–Kier alpha value is -1.59. The van der Waals surface area contributed by atoms with E-state index in [0.717, 1.165) is 5.69 Å². The molecular weight excluding hydrogens is 252 g/mol. The third-order valence-electron chi connectivity index (χ3n) is 3.44. The van der Waals surface area contributed by atoms with Crippen LogP contribution in [0.2, 0.25) is 0 Å². The molecule has 0 heterocycles. The van der Waals surface area contributed by atoms with Gasteiger partial charge in [0.15, 0.2) is 0 Å². The fourth-order valence-corrected chi connectivity index (χ4v) is 2.39. The number of aliphatic imine (C=N–C) groups is 1. The standard InChI is InChI=1S/C15H24N4O/c16-19-15(18-13-7-3-1-4-8-13)17-11-12-20-14-9-5-2-6-10-14/h1,3-4,7-8,14H,2,5-6,9-12,16H2,(H2,17,18,19). The number of ether oxygens (including phenoxy) is 1. The van der Waals surface area contributed by atoms with Crippen LogP contribution in [0.15, 0.2) is 35.3 Å². The highest BCUT2D eigenvalue weighted by atomic mass is 16.5. The maximum Gasteiger partial charge on any atom is 0.210 e. The minimum Gasteiger partial charge on any atom is -0.376 e. The summed E-state index contributed by atoms with van der Waals surface area (Å²) >= 11 is 0. The van der Waals surface area contributed by atoms with E-state index in [9.17, 15) is 0 Å². The largest absolute Gasteiger partial charge is 0.376 e. The summed E-state index contributed by atoms with van der Waals surface area (Å²) in [5.41, 5.74) is 3.53. The quantitative estimate of drug-likeness (QED) is 0.254. The third-order valence-corrected chi connectivity index (χ3v) is 3.44. The van der Waals surface area contributed by atoms with Crippen molar-refractivity contribution >= 4 is 11.6 Å². The highest BCUT2D eigenvalue weighted by molar-refractivity contribution is 5.93. The lowest BCUT2D eigenvalue weighted by atomic mass is 9.98. The van der Waals surface area contributed by atoms with E-state index >= 15 is 0 Å². The average molecular weight is 276 g/mol. The van der Waals surface area contributed by atoms with Crippen LogP contribution in [0.4, 0.5) is 5.69 Å². The van der Waals surface area contributed by atoms with Gasteiger partial charge in [-0.1, -0.05) is 37.5 Å². The van der Waals surface area contributed by atoms with Crippen LogP contribution >= 0.6 is 0 Å². The SMILES string of the molecule is NNC(=NCCOC1CCCCC1)Nc1ccccc1. The van der Waals surface area contributed by atoms with E-state index in [1.807, 2.05) is 30.3 Å². The highest BCUT2D eigenvalue weighted by Crippen LogP contribution is 2.19. The van der Waals surface area contributed by atoms with Crippen molar-refractivity contribution in [3.8, 4) is 0 Å². The Morgan fingerprint density at radius 3 is 2.65 bits per heavy atom. The molecule has 4 N–H and O–H groups in total. The van der Waals surface area contributed by atoms with Crippen molar-refractivity contribution < 1.29 is 4.74 Å². The molecule has 5 heteroatoms. The van der Waals surface area contributed by atoms with Crippen LogP contribution in [0, 0.1) is 0 Å². The maximum absolute atomic E-state index is 5.82. The predicted octanol–water partition coefficient (Wildman–Crippen LogP) is 2.27. The maximum atomic E-state index is 5.82. The Morgan fingerprint density at radius 1 is 1.20 bits per heavy atom. The Balaban J connectivity index is 1.70. The molecule has 0 saturated heterocycles. The Bertz CT molecular complexity index is 402. The number of nitrogens with two attached hydrogens (primary N) is 1. The summed E-state index contributed by atoms with van der Waals surface area (Å²) < 4.78 is 5.82. The molecule has 2 rings (SSSR count). The minimum absolute atomic E-state index is 0.426. The van der Waals surface area contributed by atoms with Gasteiger partial charge in [0.1, 0.15) is 0 Å². The van der Waals surface area contributed by atoms with Crippen molar-refractivity contribution in [3.63, 3.8) is 0 Å². The first-order valence-corrected chi connectivity index (χ1v) is 7.33. The number of rotatable bonds is 5. The van der Waals surface area contributed by atoms with Gasteiger partial charge in [0.05, 0.1) is 19.3 Å². The molecule has 110 valence electrons. The lowest BCUT2D eigenvalue weighted by Crippen LogP contribution is -2.36. The number of anilines is 1. The number of guanidine groups is 1. The van der Waals surface area contributed by atoms with Crippen LogP contribution in [0.3, 0.4) is 0 Å². The van der Waals surface area contributed by atoms with Crippen molar-refractivity contribution in [1.29, 1.82) is 0 Å². The lowest BCUT2D eigenvalue weighted by Gasteiger charge is -2.21. The molecule has 1 aromatic rings. The van der Waals surface area contributed by atoms with E-state index in [1.165, 1.54) is 32.1 Å². The average Bonchev–Trinajstić information content (AvgIpc) is 2.52. The summed E-state index contributed by atoms with van der Waals surface area (Å²) in [6.45, 7) is 1.25. The van der Waals surface area contributed by atoms with Crippen LogP contribution in [0.1, 0.15) is 32.1 Å². The van der Waals surface area contributed by atoms with Gasteiger partial charge >= 0.3 is 0 Å². The van der Waals surface area contributed by atoms with Crippen LogP contribution in [0.5, 0.6) is 0 Å². The number of hydrogen-bond acceptors (Lipinski definition) is 3. The Labute approximate surface area is 120 Å². The summed E-state index contributed by atoms with van der Waals surface area (Å²) in [4.78, 5) is 4.37. The van der Waals surface area contributed by atoms with Gasteiger partial charge in [-0.2, -0.15) is 0 Å². The molecule has 0 aliphatic heterocycles. The first kappa shape index (κ1) is 14.8. The summed E-state index contributed by atoms with van der Waals surface area (Å²) in [7, 11) is 0. The normalized spacial score (nSPS) is 16.9. The van der Waals surface area contributed by atoms with Gasteiger partial charge in [-0.15, -0.1) is 0 Å². The molecule has 0 spiro atoms. The van der Waals surface area contributed by atoms with E-state index in [1.54, 1.807) is 0 Å². The number of para-hydroxylation sites is 1. The number of nitrogens with one attached hydrogen (secondary N) is 2. The summed E-state index contributed by atoms with van der Waals surface area (Å²) in [5, 5.41) is 3.13.